The molecule has 0 atom stereocenters. The molecule has 0 aliphatic rings. The van der Waals surface area contributed by atoms with E-state index in [0.717, 1.165) is 16.8 Å². The summed E-state index contributed by atoms with van der Waals surface area (Å²) in [6.45, 7) is 2.23. The summed E-state index contributed by atoms with van der Waals surface area (Å²) in [6.07, 6.45) is 3.43. The first-order valence-corrected chi connectivity index (χ1v) is 9.21. The molecular formula is C22H17N5O2. The summed E-state index contributed by atoms with van der Waals surface area (Å²) in [5, 5.41) is 8.52. The highest BCUT2D eigenvalue weighted by atomic mass is 16.5. The summed E-state index contributed by atoms with van der Waals surface area (Å²) in [6, 6.07) is 19.4. The van der Waals surface area contributed by atoms with Gasteiger partial charge in [-0.3, -0.25) is 4.79 Å². The zero-order chi connectivity index (χ0) is 19.8. The molecule has 0 N–H and O–H groups in total. The average molecular weight is 383 g/mol. The lowest BCUT2D eigenvalue weighted by Crippen LogP contribution is -2.21. The monoisotopic (exact) mass is 383 g/mol. The second-order valence-electron chi connectivity index (χ2n) is 6.83. The minimum absolute atomic E-state index is 0.169. The fourth-order valence-corrected chi connectivity index (χ4v) is 3.19. The minimum Gasteiger partial charge on any atom is -0.337 e. The van der Waals surface area contributed by atoms with Crippen molar-refractivity contribution in [2.75, 3.05) is 0 Å². The number of aryl methyl sites for hydroxylation is 1. The van der Waals surface area contributed by atoms with Gasteiger partial charge in [0.1, 0.15) is 12.1 Å². The Morgan fingerprint density at radius 3 is 2.55 bits per heavy atom. The zero-order valence-electron chi connectivity index (χ0n) is 15.7. The Morgan fingerprint density at radius 1 is 0.966 bits per heavy atom. The van der Waals surface area contributed by atoms with E-state index < -0.39 is 0 Å². The molecule has 7 heteroatoms. The molecule has 7 nitrogen and oxygen atoms in total. The molecular weight excluding hydrogens is 366 g/mol. The molecule has 2 aromatic carbocycles. The standard InChI is InChI=1S/C22H17N5O2/c1-15-7-9-16(10-8-15)18-13-19-22(28)26(11-12-27(19)24-18)14-20-23-21(25-29-20)17-5-3-2-4-6-17/h2-13H,14H2,1H3. The van der Waals surface area contributed by atoms with E-state index in [1.165, 1.54) is 10.1 Å². The van der Waals surface area contributed by atoms with E-state index in [1.807, 2.05) is 61.5 Å². The van der Waals surface area contributed by atoms with Gasteiger partial charge < -0.3 is 9.09 Å². The molecule has 0 saturated heterocycles. The average Bonchev–Trinajstić information content (AvgIpc) is 3.39. The maximum atomic E-state index is 12.9. The third kappa shape index (κ3) is 3.23. The van der Waals surface area contributed by atoms with Crippen molar-refractivity contribution in [1.29, 1.82) is 0 Å². The van der Waals surface area contributed by atoms with Crippen LogP contribution in [0.1, 0.15) is 11.5 Å². The van der Waals surface area contributed by atoms with Crippen LogP contribution in [0.25, 0.3) is 28.2 Å². The van der Waals surface area contributed by atoms with Gasteiger partial charge in [0.25, 0.3) is 5.56 Å². The summed E-state index contributed by atoms with van der Waals surface area (Å²) >= 11 is 0. The molecule has 5 aromatic rings. The van der Waals surface area contributed by atoms with Crippen molar-refractivity contribution >= 4 is 5.52 Å². The molecule has 0 saturated carbocycles. The van der Waals surface area contributed by atoms with Crippen molar-refractivity contribution in [3.05, 3.63) is 94.9 Å². The van der Waals surface area contributed by atoms with Gasteiger partial charge in [-0.05, 0) is 13.0 Å². The Bertz CT molecular complexity index is 1350. The molecule has 0 aliphatic heterocycles. The fraction of sp³-hybridized carbons (Fsp3) is 0.0909. The van der Waals surface area contributed by atoms with Crippen LogP contribution in [0.5, 0.6) is 0 Å². The van der Waals surface area contributed by atoms with Gasteiger partial charge in [-0.15, -0.1) is 0 Å². The second kappa shape index (κ2) is 6.87. The Kier molecular flexibility index (Phi) is 4.05. The third-order valence-electron chi connectivity index (χ3n) is 4.76. The summed E-state index contributed by atoms with van der Waals surface area (Å²) in [7, 11) is 0. The van der Waals surface area contributed by atoms with E-state index in [4.69, 9.17) is 4.52 Å². The summed E-state index contributed by atoms with van der Waals surface area (Å²) < 4.78 is 8.47. The van der Waals surface area contributed by atoms with Gasteiger partial charge in [0, 0.05) is 23.5 Å². The maximum absolute atomic E-state index is 12.9. The Hall–Kier alpha value is -4.00. The molecule has 29 heavy (non-hydrogen) atoms. The smallest absolute Gasteiger partial charge is 0.277 e. The first-order chi connectivity index (χ1) is 14.2. The molecule has 142 valence electrons. The van der Waals surface area contributed by atoms with Crippen LogP contribution in [0.3, 0.4) is 0 Å². The third-order valence-corrected chi connectivity index (χ3v) is 4.76. The van der Waals surface area contributed by atoms with E-state index in [1.54, 1.807) is 23.0 Å². The molecule has 3 heterocycles. The van der Waals surface area contributed by atoms with Crippen LogP contribution in [0.15, 0.2) is 82.4 Å². The van der Waals surface area contributed by atoms with Crippen molar-refractivity contribution in [3.8, 4) is 22.6 Å². The van der Waals surface area contributed by atoms with Gasteiger partial charge >= 0.3 is 0 Å². The first-order valence-electron chi connectivity index (χ1n) is 9.21. The lowest BCUT2D eigenvalue weighted by atomic mass is 10.1. The van der Waals surface area contributed by atoms with Crippen LogP contribution in [0.4, 0.5) is 0 Å². The van der Waals surface area contributed by atoms with Crippen LogP contribution in [-0.2, 0) is 6.54 Å². The highest BCUT2D eigenvalue weighted by molar-refractivity contribution is 5.65. The van der Waals surface area contributed by atoms with E-state index in [-0.39, 0.29) is 12.1 Å². The van der Waals surface area contributed by atoms with E-state index in [0.29, 0.717) is 17.2 Å². The zero-order valence-corrected chi connectivity index (χ0v) is 15.7. The molecule has 0 spiro atoms. The number of hydrogen-bond donors (Lipinski definition) is 0. The van der Waals surface area contributed by atoms with Crippen LogP contribution in [0.2, 0.25) is 0 Å². The maximum Gasteiger partial charge on any atom is 0.277 e. The fourth-order valence-electron chi connectivity index (χ4n) is 3.19. The molecule has 0 bridgehead atoms. The van der Waals surface area contributed by atoms with Crippen LogP contribution < -0.4 is 5.56 Å². The van der Waals surface area contributed by atoms with Crippen LogP contribution in [0, 0.1) is 6.92 Å². The predicted octanol–water partition coefficient (Wildman–Crippen LogP) is 3.57. The van der Waals surface area contributed by atoms with Crippen molar-refractivity contribution in [1.82, 2.24) is 24.3 Å². The van der Waals surface area contributed by atoms with Gasteiger partial charge in [-0.25, -0.2) is 4.52 Å². The van der Waals surface area contributed by atoms with Crippen molar-refractivity contribution < 1.29 is 4.52 Å². The molecule has 5 rings (SSSR count). The SMILES string of the molecule is Cc1ccc(-c2cc3c(=O)n(Cc4nc(-c5ccccc5)no4)ccn3n2)cc1. The molecule has 0 fully saturated rings. The van der Waals surface area contributed by atoms with Gasteiger partial charge in [-0.2, -0.15) is 10.1 Å². The summed E-state index contributed by atoms with van der Waals surface area (Å²) in [4.78, 5) is 17.3. The molecule has 0 unspecified atom stereocenters. The van der Waals surface area contributed by atoms with Crippen LogP contribution >= 0.6 is 0 Å². The Morgan fingerprint density at radius 2 is 1.76 bits per heavy atom. The topological polar surface area (TPSA) is 78.2 Å². The second-order valence-corrected chi connectivity index (χ2v) is 6.83. The van der Waals surface area contributed by atoms with Gasteiger partial charge in [0.05, 0.1) is 5.69 Å². The number of benzene rings is 2. The Balaban J connectivity index is 1.47. The van der Waals surface area contributed by atoms with Gasteiger partial charge in [0.2, 0.25) is 11.7 Å². The number of fused-ring (bicyclic) bond motifs is 1. The number of hydrogen-bond acceptors (Lipinski definition) is 5. The quantitative estimate of drug-likeness (QED) is 0.474. The molecule has 0 radical (unpaired) electrons. The van der Waals surface area contributed by atoms with E-state index in [2.05, 4.69) is 15.2 Å². The van der Waals surface area contributed by atoms with Gasteiger partial charge in [-0.1, -0.05) is 65.3 Å². The van der Waals surface area contributed by atoms with Crippen molar-refractivity contribution in [3.63, 3.8) is 0 Å². The Labute approximate surface area is 165 Å². The highest BCUT2D eigenvalue weighted by Crippen LogP contribution is 2.19. The first kappa shape index (κ1) is 17.1. The normalized spacial score (nSPS) is 11.2. The summed E-state index contributed by atoms with van der Waals surface area (Å²) in [5.41, 5.74) is 4.08. The minimum atomic E-state index is -0.169. The highest BCUT2D eigenvalue weighted by Gasteiger charge is 2.13. The summed E-state index contributed by atoms with van der Waals surface area (Å²) in [5.74, 6) is 0.870. The lowest BCUT2D eigenvalue weighted by molar-refractivity contribution is 0.370. The van der Waals surface area contributed by atoms with E-state index in [9.17, 15) is 4.79 Å². The van der Waals surface area contributed by atoms with Gasteiger partial charge in [0.15, 0.2) is 0 Å². The lowest BCUT2D eigenvalue weighted by Gasteiger charge is -2.01. The van der Waals surface area contributed by atoms with E-state index >= 15 is 0 Å². The largest absolute Gasteiger partial charge is 0.337 e. The van der Waals surface area contributed by atoms with Crippen molar-refractivity contribution in [2.45, 2.75) is 13.5 Å². The molecule has 0 aliphatic carbocycles. The number of rotatable bonds is 4. The predicted molar refractivity (Wildman–Crippen MR) is 108 cm³/mol. The number of aromatic nitrogens is 5. The number of nitrogens with zero attached hydrogens (tertiary/aromatic N) is 5. The molecule has 3 aromatic heterocycles. The van der Waals surface area contributed by atoms with Crippen LogP contribution in [-0.4, -0.2) is 24.3 Å². The van der Waals surface area contributed by atoms with Crippen molar-refractivity contribution in [2.24, 2.45) is 0 Å². The molecule has 0 amide bonds.